The topological polar surface area (TPSA) is 58.4 Å². The van der Waals surface area contributed by atoms with Crippen LogP contribution in [0.25, 0.3) is 0 Å². The van der Waals surface area contributed by atoms with E-state index in [2.05, 4.69) is 31.0 Å². The van der Waals surface area contributed by atoms with Crippen LogP contribution in [0.15, 0.2) is 0 Å². The summed E-state index contributed by atoms with van der Waals surface area (Å²) in [6.07, 6.45) is 1.13. The molecular formula is C13H29N3O. The molecule has 0 bridgehead atoms. The van der Waals surface area contributed by atoms with Crippen molar-refractivity contribution in [1.82, 2.24) is 10.2 Å². The smallest absolute Gasteiger partial charge is 0.235 e. The summed E-state index contributed by atoms with van der Waals surface area (Å²) in [4.78, 5) is 13.5. The van der Waals surface area contributed by atoms with Gasteiger partial charge in [0.25, 0.3) is 0 Å². The first-order valence-corrected chi connectivity index (χ1v) is 6.49. The molecule has 1 amide bonds. The summed E-state index contributed by atoms with van der Waals surface area (Å²) in [5, 5.41) is 3.20. The van der Waals surface area contributed by atoms with Gasteiger partial charge < -0.3 is 16.0 Å². The van der Waals surface area contributed by atoms with Crippen molar-refractivity contribution in [2.45, 2.75) is 59.2 Å². The van der Waals surface area contributed by atoms with E-state index in [1.165, 1.54) is 0 Å². The summed E-state index contributed by atoms with van der Waals surface area (Å²) in [6.45, 7) is 11.3. The molecule has 0 rings (SSSR count). The highest BCUT2D eigenvalue weighted by atomic mass is 16.1. The molecular weight excluding hydrogens is 214 g/mol. The average Bonchev–Trinajstić information content (AvgIpc) is 2.14. The molecule has 4 nitrogen and oxygen atoms in total. The number of nitrogens with zero attached hydrogens (tertiary/aromatic N) is 1. The van der Waals surface area contributed by atoms with Gasteiger partial charge >= 0.3 is 0 Å². The van der Waals surface area contributed by atoms with E-state index in [9.17, 15) is 4.79 Å². The molecule has 0 spiro atoms. The lowest BCUT2D eigenvalue weighted by Crippen LogP contribution is -2.52. The number of hydrogen-bond acceptors (Lipinski definition) is 3. The molecule has 0 aromatic carbocycles. The predicted octanol–water partition coefficient (Wildman–Crippen LogP) is 1.20. The predicted molar refractivity (Wildman–Crippen MR) is 72.8 cm³/mol. The normalized spacial score (nSPS) is 15.6. The van der Waals surface area contributed by atoms with Crippen molar-refractivity contribution in [2.24, 2.45) is 11.7 Å². The van der Waals surface area contributed by atoms with Crippen molar-refractivity contribution >= 4 is 5.91 Å². The van der Waals surface area contributed by atoms with Gasteiger partial charge in [-0.2, -0.15) is 0 Å². The molecule has 0 saturated carbocycles. The van der Waals surface area contributed by atoms with E-state index in [1.54, 1.807) is 0 Å². The van der Waals surface area contributed by atoms with Gasteiger partial charge in [0.05, 0.1) is 6.04 Å². The minimum Gasteiger partial charge on any atom is -0.368 e. The van der Waals surface area contributed by atoms with E-state index >= 15 is 0 Å². The fraction of sp³-hybridized carbons (Fsp3) is 0.923. The van der Waals surface area contributed by atoms with Crippen molar-refractivity contribution in [1.29, 1.82) is 0 Å². The van der Waals surface area contributed by atoms with Crippen LogP contribution in [0.4, 0.5) is 0 Å². The van der Waals surface area contributed by atoms with Crippen LogP contribution in [0.5, 0.6) is 0 Å². The second-order valence-corrected chi connectivity index (χ2v) is 5.69. The minimum atomic E-state index is -0.276. The standard InChI is InChI=1S/C13H29N3O/c1-9(2)7-11(5)16(6)8-12(13(14)17)15-10(3)4/h9-12,15H,7-8H2,1-6H3,(H2,14,17). The van der Waals surface area contributed by atoms with Crippen LogP contribution in [-0.4, -0.2) is 42.5 Å². The number of primary amides is 1. The maximum absolute atomic E-state index is 11.3. The Hall–Kier alpha value is -0.610. The average molecular weight is 243 g/mol. The molecule has 0 aliphatic heterocycles. The monoisotopic (exact) mass is 243 g/mol. The number of nitrogens with one attached hydrogen (secondary N) is 1. The largest absolute Gasteiger partial charge is 0.368 e. The van der Waals surface area contributed by atoms with Gasteiger partial charge in [-0.3, -0.25) is 4.79 Å². The summed E-state index contributed by atoms with van der Waals surface area (Å²) in [5.41, 5.74) is 5.41. The first-order chi connectivity index (χ1) is 7.73. The zero-order valence-electron chi connectivity index (χ0n) is 12.2. The number of hydrogen-bond donors (Lipinski definition) is 2. The van der Waals surface area contributed by atoms with Gasteiger partial charge in [0.1, 0.15) is 0 Å². The van der Waals surface area contributed by atoms with Crippen molar-refractivity contribution in [2.75, 3.05) is 13.6 Å². The van der Waals surface area contributed by atoms with Crippen LogP contribution in [0.1, 0.15) is 41.0 Å². The molecule has 0 heterocycles. The van der Waals surface area contributed by atoms with E-state index in [0.717, 1.165) is 6.42 Å². The van der Waals surface area contributed by atoms with E-state index < -0.39 is 0 Å². The van der Waals surface area contributed by atoms with E-state index in [0.29, 0.717) is 18.5 Å². The summed E-state index contributed by atoms with van der Waals surface area (Å²) in [7, 11) is 2.05. The summed E-state index contributed by atoms with van der Waals surface area (Å²) in [5.74, 6) is 0.389. The lowest BCUT2D eigenvalue weighted by atomic mass is 10.0. The van der Waals surface area contributed by atoms with E-state index in [-0.39, 0.29) is 18.0 Å². The Morgan fingerprint density at radius 2 is 1.76 bits per heavy atom. The van der Waals surface area contributed by atoms with Crippen LogP contribution in [0.2, 0.25) is 0 Å². The Labute approximate surface area is 106 Å². The molecule has 0 aliphatic rings. The van der Waals surface area contributed by atoms with Gasteiger partial charge in [-0.25, -0.2) is 0 Å². The third kappa shape index (κ3) is 7.34. The van der Waals surface area contributed by atoms with Gasteiger partial charge in [-0.1, -0.05) is 27.7 Å². The van der Waals surface area contributed by atoms with Crippen LogP contribution in [-0.2, 0) is 4.79 Å². The molecule has 0 fully saturated rings. The number of carbonyl (C=O) groups is 1. The quantitative estimate of drug-likeness (QED) is 0.673. The Kier molecular flexibility index (Phi) is 7.39. The van der Waals surface area contributed by atoms with Crippen molar-refractivity contribution in [3.05, 3.63) is 0 Å². The lowest BCUT2D eigenvalue weighted by Gasteiger charge is -2.30. The Morgan fingerprint density at radius 3 is 2.12 bits per heavy atom. The second-order valence-electron chi connectivity index (χ2n) is 5.69. The van der Waals surface area contributed by atoms with E-state index in [1.807, 2.05) is 20.9 Å². The number of rotatable bonds is 8. The van der Waals surface area contributed by atoms with Gasteiger partial charge in [0, 0.05) is 18.6 Å². The maximum Gasteiger partial charge on any atom is 0.235 e. The van der Waals surface area contributed by atoms with E-state index in [4.69, 9.17) is 5.73 Å². The second kappa shape index (κ2) is 7.67. The number of nitrogens with two attached hydrogens (primary N) is 1. The van der Waals surface area contributed by atoms with Crippen LogP contribution >= 0.6 is 0 Å². The molecule has 0 aliphatic carbocycles. The van der Waals surface area contributed by atoms with Crippen molar-refractivity contribution in [3.8, 4) is 0 Å². The first-order valence-electron chi connectivity index (χ1n) is 6.49. The Bertz CT molecular complexity index is 229. The van der Waals surface area contributed by atoms with Gasteiger partial charge in [0.2, 0.25) is 5.91 Å². The maximum atomic E-state index is 11.3. The number of likely N-dealkylation sites (N-methyl/N-ethyl adjacent to an activating group) is 1. The molecule has 0 aromatic heterocycles. The van der Waals surface area contributed by atoms with Crippen LogP contribution < -0.4 is 11.1 Å². The Morgan fingerprint density at radius 1 is 1.24 bits per heavy atom. The summed E-state index contributed by atoms with van der Waals surface area (Å²) in [6, 6.07) is 0.460. The highest BCUT2D eigenvalue weighted by Gasteiger charge is 2.20. The molecule has 2 unspecified atom stereocenters. The molecule has 0 aromatic rings. The molecule has 102 valence electrons. The molecule has 3 N–H and O–H groups in total. The third-order valence-corrected chi connectivity index (χ3v) is 2.91. The highest BCUT2D eigenvalue weighted by Crippen LogP contribution is 2.09. The number of carbonyl (C=O) groups excluding carboxylic acids is 1. The zero-order valence-corrected chi connectivity index (χ0v) is 12.2. The first kappa shape index (κ1) is 16.4. The fourth-order valence-electron chi connectivity index (χ4n) is 1.96. The summed E-state index contributed by atoms with van der Waals surface area (Å²) >= 11 is 0. The van der Waals surface area contributed by atoms with Crippen molar-refractivity contribution < 1.29 is 4.79 Å². The highest BCUT2D eigenvalue weighted by molar-refractivity contribution is 5.80. The zero-order chi connectivity index (χ0) is 13.6. The number of amides is 1. The molecule has 17 heavy (non-hydrogen) atoms. The molecule has 2 atom stereocenters. The fourth-order valence-corrected chi connectivity index (χ4v) is 1.96. The SMILES string of the molecule is CC(C)CC(C)N(C)CC(NC(C)C)C(N)=O. The van der Waals surface area contributed by atoms with Gasteiger partial charge in [0.15, 0.2) is 0 Å². The van der Waals surface area contributed by atoms with Crippen LogP contribution in [0, 0.1) is 5.92 Å². The molecule has 0 radical (unpaired) electrons. The molecule has 0 saturated heterocycles. The molecule has 4 heteroatoms. The third-order valence-electron chi connectivity index (χ3n) is 2.91. The van der Waals surface area contributed by atoms with Gasteiger partial charge in [-0.15, -0.1) is 0 Å². The minimum absolute atomic E-state index is 0.265. The van der Waals surface area contributed by atoms with Crippen LogP contribution in [0.3, 0.4) is 0 Å². The summed E-state index contributed by atoms with van der Waals surface area (Å²) < 4.78 is 0. The Balaban J connectivity index is 4.29. The lowest BCUT2D eigenvalue weighted by molar-refractivity contribution is -0.120. The van der Waals surface area contributed by atoms with Crippen molar-refractivity contribution in [3.63, 3.8) is 0 Å². The van der Waals surface area contributed by atoms with Gasteiger partial charge in [-0.05, 0) is 26.3 Å².